The fourth-order valence-electron chi connectivity index (χ4n) is 3.87. The minimum absolute atomic E-state index is 0.135. The smallest absolute Gasteiger partial charge is 0.423 e. The van der Waals surface area contributed by atoms with Crippen molar-refractivity contribution in [3.8, 4) is 0 Å². The zero-order valence-electron chi connectivity index (χ0n) is 48.9. The van der Waals surface area contributed by atoms with Gasteiger partial charge in [-0.3, -0.25) is 14.6 Å². The summed E-state index contributed by atoms with van der Waals surface area (Å²) in [6, 6.07) is 13.8. The highest BCUT2D eigenvalue weighted by molar-refractivity contribution is 6.59. The summed E-state index contributed by atoms with van der Waals surface area (Å²) in [7, 11) is -2.99. The van der Waals surface area contributed by atoms with Crippen LogP contribution in [0.3, 0.4) is 0 Å². The Kier molecular flexibility index (Phi) is 73.8. The van der Waals surface area contributed by atoms with Gasteiger partial charge in [-0.15, -0.1) is 0 Å². The summed E-state index contributed by atoms with van der Waals surface area (Å²) < 4.78 is 0. The van der Waals surface area contributed by atoms with E-state index in [0.717, 1.165) is 32.1 Å². The third-order valence-electron chi connectivity index (χ3n) is 9.20. The molecule has 0 aliphatic heterocycles. The van der Waals surface area contributed by atoms with E-state index in [4.69, 9.17) is 62.2 Å². The van der Waals surface area contributed by atoms with Crippen LogP contribution in [0.1, 0.15) is 184 Å². The number of nitrogens with zero attached hydrogens (tertiary/aromatic N) is 1. The lowest BCUT2D eigenvalue weighted by atomic mass is 9.80. The van der Waals surface area contributed by atoms with Crippen molar-refractivity contribution in [3.05, 3.63) is 59.7 Å². The first kappa shape index (κ1) is 86.0. The zero-order chi connectivity index (χ0) is 59.1. The van der Waals surface area contributed by atoms with Crippen molar-refractivity contribution in [2.24, 2.45) is 16.5 Å². The quantitative estimate of drug-likeness (QED) is 0.0486. The normalized spacial score (nSPS) is 12.6. The first-order valence-corrected chi connectivity index (χ1v) is 26.4. The second kappa shape index (κ2) is 62.6. The average molecular weight is 1050 g/mol. The number of carbonyl (C=O) groups excluding carboxylic acids is 2. The van der Waals surface area contributed by atoms with Crippen molar-refractivity contribution < 1.29 is 60.3 Å². The van der Waals surface area contributed by atoms with Gasteiger partial charge in [0.2, 0.25) is 0 Å². The van der Waals surface area contributed by atoms with Crippen LogP contribution in [0, 0.1) is 0 Å². The van der Waals surface area contributed by atoms with E-state index in [2.05, 4.69) is 40.1 Å². The minimum atomic E-state index is -1.49. The number of nitrogens with two attached hydrogens (primary N) is 2. The number of amides is 2. The van der Waals surface area contributed by atoms with Gasteiger partial charge < -0.3 is 83.5 Å². The Morgan fingerprint density at radius 1 is 0.493 bits per heavy atom. The Morgan fingerprint density at radius 2 is 0.753 bits per heavy atom. The van der Waals surface area contributed by atoms with E-state index >= 15 is 0 Å². The molecule has 0 radical (unpaired) electrons. The van der Waals surface area contributed by atoms with E-state index in [1.807, 2.05) is 111 Å². The number of benzene rings is 2. The molecule has 0 spiro atoms. The molecule has 0 bridgehead atoms. The summed E-state index contributed by atoms with van der Waals surface area (Å²) in [6.45, 7) is 38.1. The molecule has 21 heteroatoms. The Bertz CT molecular complexity index is 1340. The summed E-state index contributed by atoms with van der Waals surface area (Å²) in [5, 5.41) is 98.0. The molecule has 73 heavy (non-hydrogen) atoms. The van der Waals surface area contributed by atoms with E-state index in [0.29, 0.717) is 47.2 Å². The van der Waals surface area contributed by atoms with Crippen molar-refractivity contribution in [1.29, 1.82) is 0 Å². The average Bonchev–Trinajstić information content (AvgIpc) is 3.41. The SMILES string of the molecule is CC.CC.CC.CC.CC(O)CO.CCC(C)N=C(N)N.CCC(C)NC(=O)c1ccc(B(O)O)cc1.CCC(C)NC(=O)c1ccc(B(O)O)cc1.CCC(C)NCC(O)CO.CCC(C)NCC(O)CO. The zero-order valence-corrected chi connectivity index (χ0v) is 48.9. The molecule has 19 nitrogen and oxygen atoms in total. The van der Waals surface area contributed by atoms with Gasteiger partial charge in [0.25, 0.3) is 11.8 Å². The Hall–Kier alpha value is -3.70. The van der Waals surface area contributed by atoms with Crippen molar-refractivity contribution >= 4 is 42.9 Å². The van der Waals surface area contributed by atoms with Crippen molar-refractivity contribution in [2.45, 2.75) is 212 Å². The van der Waals surface area contributed by atoms with Gasteiger partial charge >= 0.3 is 14.2 Å². The third-order valence-corrected chi connectivity index (χ3v) is 9.20. The first-order chi connectivity index (χ1) is 34.4. The van der Waals surface area contributed by atoms with Crippen LogP contribution in [0.25, 0.3) is 0 Å². The van der Waals surface area contributed by atoms with Crippen LogP contribution in [-0.2, 0) is 0 Å². The lowest BCUT2D eigenvalue weighted by molar-refractivity contribution is 0.0922. The number of aliphatic imine (C=N–C) groups is 1. The maximum absolute atomic E-state index is 11.7. The van der Waals surface area contributed by atoms with Crippen LogP contribution in [0.15, 0.2) is 53.5 Å². The molecule has 18 N–H and O–H groups in total. The van der Waals surface area contributed by atoms with Gasteiger partial charge in [-0.25, -0.2) is 0 Å². The van der Waals surface area contributed by atoms with Gasteiger partial charge in [0.1, 0.15) is 0 Å². The Morgan fingerprint density at radius 3 is 0.918 bits per heavy atom. The van der Waals surface area contributed by atoms with Crippen LogP contribution >= 0.6 is 0 Å². The number of aliphatic hydroxyl groups is 6. The second-order valence-electron chi connectivity index (χ2n) is 15.5. The van der Waals surface area contributed by atoms with Crippen molar-refractivity contribution in [3.63, 3.8) is 0 Å². The molecule has 8 atom stereocenters. The van der Waals surface area contributed by atoms with E-state index in [-0.39, 0.29) is 55.7 Å². The topological polar surface area (TPSA) is 349 Å². The maximum atomic E-state index is 11.7. The first-order valence-electron chi connectivity index (χ1n) is 26.4. The number of hydrogen-bond acceptors (Lipinski definition) is 15. The summed E-state index contributed by atoms with van der Waals surface area (Å²) >= 11 is 0. The predicted octanol–water partition coefficient (Wildman–Crippen LogP) is 2.77. The van der Waals surface area contributed by atoms with Gasteiger partial charge in [-0.2, -0.15) is 0 Å². The summed E-state index contributed by atoms with van der Waals surface area (Å²) in [4.78, 5) is 27.2. The van der Waals surface area contributed by atoms with Crippen molar-refractivity contribution in [2.75, 3.05) is 32.9 Å². The fraction of sp³-hybridized carbons (Fsp3) is 0.712. The molecule has 2 aromatic rings. The number of nitrogens with one attached hydrogen (secondary N) is 4. The molecule has 0 aromatic heterocycles. The van der Waals surface area contributed by atoms with E-state index < -0.39 is 32.5 Å². The lowest BCUT2D eigenvalue weighted by Crippen LogP contribution is -2.34. The molecule has 0 heterocycles. The molecule has 0 fully saturated rings. The predicted molar refractivity (Wildman–Crippen MR) is 308 cm³/mol. The molecular formula is C52H111B2N7O12. The molecule has 2 aromatic carbocycles. The highest BCUT2D eigenvalue weighted by Crippen LogP contribution is 2.01. The summed E-state index contributed by atoms with van der Waals surface area (Å²) in [5.41, 5.74) is 12.0. The summed E-state index contributed by atoms with van der Waals surface area (Å²) in [6.07, 6.45) is 3.02. The van der Waals surface area contributed by atoms with Crippen LogP contribution in [0.5, 0.6) is 0 Å². The molecule has 2 amide bonds. The Balaban J connectivity index is -0.000000116. The number of rotatable bonds is 21. The molecule has 432 valence electrons. The molecule has 0 aliphatic rings. The van der Waals surface area contributed by atoms with Crippen LogP contribution in [0.2, 0.25) is 0 Å². The molecule has 0 saturated carbocycles. The van der Waals surface area contributed by atoms with Crippen LogP contribution < -0.4 is 43.7 Å². The van der Waals surface area contributed by atoms with Crippen LogP contribution in [0.4, 0.5) is 0 Å². The Labute approximate surface area is 444 Å². The van der Waals surface area contributed by atoms with Crippen LogP contribution in [-0.4, -0.2) is 164 Å². The van der Waals surface area contributed by atoms with Gasteiger partial charge in [0.05, 0.1) is 44.2 Å². The number of hydrogen-bond donors (Lipinski definition) is 16. The monoisotopic (exact) mass is 1050 g/mol. The highest BCUT2D eigenvalue weighted by atomic mass is 16.4. The van der Waals surface area contributed by atoms with Gasteiger partial charge in [-0.1, -0.05) is 114 Å². The van der Waals surface area contributed by atoms with E-state index in [1.54, 1.807) is 24.3 Å². The van der Waals surface area contributed by atoms with Gasteiger partial charge in [0.15, 0.2) is 5.96 Å². The highest BCUT2D eigenvalue weighted by Gasteiger charge is 2.14. The number of aliphatic hydroxyl groups excluding tert-OH is 6. The minimum Gasteiger partial charge on any atom is -0.423 e. The largest absolute Gasteiger partial charge is 0.488 e. The number of guanidine groups is 1. The third kappa shape index (κ3) is 60.7. The second-order valence-corrected chi connectivity index (χ2v) is 15.5. The standard InChI is InChI=1S/2C11H16BNO3.2C7H17NO2.C5H13N3.C3H8O2.4C2H6/c2*1-3-8(2)13-11(14)9-4-6-10(7-5-9)12(15)16;2*1-3-6(2)8-4-7(10)5-9;1-3-4(2)8-5(6)7;1-3(5)2-4;4*1-2/h2*4-8,15-16H,3H2,1-2H3,(H,13,14);2*6-10H,3-5H2,1-2H3;4H,3H2,1-2H3,(H4,6,7,8);3-5H,2H2,1H3;4*1-2H3. The van der Waals surface area contributed by atoms with E-state index in [1.165, 1.54) is 31.2 Å². The van der Waals surface area contributed by atoms with Crippen molar-refractivity contribution in [1.82, 2.24) is 21.3 Å². The summed E-state index contributed by atoms with van der Waals surface area (Å²) in [5.74, 6) is -0.110. The molecule has 2 rings (SSSR count). The number of carbonyl (C=O) groups is 2. The lowest BCUT2D eigenvalue weighted by Gasteiger charge is -2.13. The van der Waals surface area contributed by atoms with E-state index in [9.17, 15) is 9.59 Å². The molecule has 0 saturated heterocycles. The maximum Gasteiger partial charge on any atom is 0.488 e. The fourth-order valence-corrected chi connectivity index (χ4v) is 3.87. The van der Waals surface area contributed by atoms with Gasteiger partial charge in [-0.05, 0) is 109 Å². The van der Waals surface area contributed by atoms with Gasteiger partial charge in [0, 0.05) is 48.4 Å². The molecule has 0 aliphatic carbocycles. The molecule has 8 unspecified atom stereocenters. The molecular weight excluding hydrogens is 936 g/mol.